The summed E-state index contributed by atoms with van der Waals surface area (Å²) in [7, 11) is 1.71. The van der Waals surface area contributed by atoms with Crippen molar-refractivity contribution in [2.45, 2.75) is 64.1 Å². The predicted molar refractivity (Wildman–Crippen MR) is 165 cm³/mol. The SMILES string of the molecule is Cn1ccnc1C(=O)O[C@]1(C(=O)SCC#N)CC[C@H]2[C@H]3CCC4=Cc5c(cnn5-c5ccc(F)cc5)C(O)[C@]4(C)[C@H]3CC[C@@]21C. The number of nitriles is 1. The van der Waals surface area contributed by atoms with Crippen molar-refractivity contribution in [2.75, 3.05) is 5.75 Å². The molecule has 0 spiro atoms. The first-order chi connectivity index (χ1) is 21.5. The fourth-order valence-corrected chi connectivity index (χ4v) is 10.2. The lowest BCUT2D eigenvalue weighted by molar-refractivity contribution is -0.159. The summed E-state index contributed by atoms with van der Waals surface area (Å²) in [5, 5.41) is 25.7. The number of halogens is 1. The topological polar surface area (TPSA) is 123 Å². The van der Waals surface area contributed by atoms with E-state index < -0.39 is 28.5 Å². The molecule has 11 heteroatoms. The van der Waals surface area contributed by atoms with Crippen LogP contribution >= 0.6 is 11.8 Å². The summed E-state index contributed by atoms with van der Waals surface area (Å²) in [6.07, 6.45) is 10.5. The van der Waals surface area contributed by atoms with Gasteiger partial charge in [-0.25, -0.2) is 18.9 Å². The Morgan fingerprint density at radius 3 is 2.64 bits per heavy atom. The molecule has 45 heavy (non-hydrogen) atoms. The fraction of sp³-hybridized carbons (Fsp3) is 0.500. The van der Waals surface area contributed by atoms with Crippen molar-refractivity contribution in [3.8, 4) is 11.8 Å². The Balaban J connectivity index is 1.23. The van der Waals surface area contributed by atoms with Gasteiger partial charge < -0.3 is 14.4 Å². The molecule has 2 heterocycles. The van der Waals surface area contributed by atoms with E-state index >= 15 is 0 Å². The number of carbonyl (C=O) groups excluding carboxylic acids is 2. The predicted octanol–water partition coefficient (Wildman–Crippen LogP) is 5.80. The number of thioether (sulfide) groups is 1. The van der Waals surface area contributed by atoms with E-state index in [0.29, 0.717) is 19.3 Å². The van der Waals surface area contributed by atoms with E-state index in [1.54, 1.807) is 40.8 Å². The van der Waals surface area contributed by atoms with Gasteiger partial charge in [0.25, 0.3) is 0 Å². The molecule has 7 rings (SSSR count). The minimum Gasteiger partial charge on any atom is -0.444 e. The fourth-order valence-electron chi connectivity index (χ4n) is 9.40. The van der Waals surface area contributed by atoms with Gasteiger partial charge in [0, 0.05) is 35.8 Å². The highest BCUT2D eigenvalue weighted by Gasteiger charge is 2.69. The Bertz CT molecular complexity index is 1760. The maximum absolute atomic E-state index is 14.0. The number of rotatable bonds is 5. The summed E-state index contributed by atoms with van der Waals surface area (Å²) in [5.41, 5.74) is 0.955. The molecule has 0 radical (unpaired) electrons. The largest absolute Gasteiger partial charge is 0.444 e. The zero-order chi connectivity index (χ0) is 31.7. The van der Waals surface area contributed by atoms with Crippen molar-refractivity contribution in [1.82, 2.24) is 19.3 Å². The Labute approximate surface area is 265 Å². The molecule has 0 aliphatic heterocycles. The second-order valence-electron chi connectivity index (χ2n) is 13.5. The van der Waals surface area contributed by atoms with Gasteiger partial charge in [-0.05, 0) is 86.6 Å². The summed E-state index contributed by atoms with van der Waals surface area (Å²) >= 11 is 0.927. The van der Waals surface area contributed by atoms with E-state index in [-0.39, 0.29) is 40.3 Å². The molecule has 9 nitrogen and oxygen atoms in total. The van der Waals surface area contributed by atoms with Crippen LogP contribution in [0.4, 0.5) is 4.39 Å². The summed E-state index contributed by atoms with van der Waals surface area (Å²) in [4.78, 5) is 31.6. The van der Waals surface area contributed by atoms with Gasteiger partial charge in [-0.1, -0.05) is 31.2 Å². The first kappa shape index (κ1) is 29.9. The van der Waals surface area contributed by atoms with Gasteiger partial charge in [-0.2, -0.15) is 10.4 Å². The second kappa shape index (κ2) is 10.7. The number of carbonyl (C=O) groups is 2. The first-order valence-electron chi connectivity index (χ1n) is 15.5. The van der Waals surface area contributed by atoms with E-state index in [4.69, 9.17) is 4.74 Å². The average molecular weight is 630 g/mol. The lowest BCUT2D eigenvalue weighted by Crippen LogP contribution is -2.59. The van der Waals surface area contributed by atoms with Crippen LogP contribution in [0.3, 0.4) is 0 Å². The Kier molecular flexibility index (Phi) is 7.09. The highest BCUT2D eigenvalue weighted by molar-refractivity contribution is 8.14. The van der Waals surface area contributed by atoms with Crippen molar-refractivity contribution in [3.05, 3.63) is 71.3 Å². The van der Waals surface area contributed by atoms with Crippen LogP contribution in [0.2, 0.25) is 0 Å². The molecule has 0 amide bonds. The highest BCUT2D eigenvalue weighted by atomic mass is 32.2. The Hall–Kier alpha value is -3.75. The van der Waals surface area contributed by atoms with Crippen LogP contribution in [-0.4, -0.2) is 46.9 Å². The summed E-state index contributed by atoms with van der Waals surface area (Å²) in [6.45, 7) is 4.26. The number of aromatic nitrogens is 4. The number of fused-ring (bicyclic) bond motifs is 6. The van der Waals surface area contributed by atoms with Gasteiger partial charge in [0.2, 0.25) is 10.9 Å². The average Bonchev–Trinajstić information content (AvgIpc) is 3.73. The van der Waals surface area contributed by atoms with Crippen molar-refractivity contribution < 1.29 is 23.8 Å². The van der Waals surface area contributed by atoms with Crippen LogP contribution in [0.25, 0.3) is 11.8 Å². The van der Waals surface area contributed by atoms with Crippen molar-refractivity contribution in [2.24, 2.45) is 35.6 Å². The third-order valence-corrected chi connectivity index (χ3v) is 12.6. The van der Waals surface area contributed by atoms with Crippen molar-refractivity contribution in [3.63, 3.8) is 0 Å². The molecule has 1 aromatic carbocycles. The smallest absolute Gasteiger partial charge is 0.375 e. The molecule has 3 aromatic rings. The lowest BCUT2D eigenvalue weighted by Gasteiger charge is -2.60. The van der Waals surface area contributed by atoms with Crippen LogP contribution < -0.4 is 0 Å². The molecule has 4 aliphatic carbocycles. The maximum Gasteiger partial charge on any atom is 0.375 e. The molecule has 4 aliphatic rings. The summed E-state index contributed by atoms with van der Waals surface area (Å²) in [6, 6.07) is 8.23. The number of aryl methyl sites for hydroxylation is 1. The number of benzene rings is 1. The monoisotopic (exact) mass is 629 g/mol. The molecule has 1 unspecified atom stereocenters. The number of aliphatic hydroxyl groups is 1. The van der Waals surface area contributed by atoms with E-state index in [0.717, 1.165) is 48.0 Å². The van der Waals surface area contributed by atoms with Gasteiger partial charge >= 0.3 is 5.97 Å². The van der Waals surface area contributed by atoms with Gasteiger partial charge in [-0.3, -0.25) is 4.79 Å². The van der Waals surface area contributed by atoms with Crippen LogP contribution in [0.1, 0.15) is 80.4 Å². The van der Waals surface area contributed by atoms with Crippen LogP contribution in [0.5, 0.6) is 0 Å². The van der Waals surface area contributed by atoms with Crippen LogP contribution in [0.15, 0.2) is 48.4 Å². The molecule has 234 valence electrons. The molecule has 1 N–H and O–H groups in total. The number of hydrogen-bond donors (Lipinski definition) is 1. The third-order valence-electron chi connectivity index (χ3n) is 11.7. The van der Waals surface area contributed by atoms with E-state index in [2.05, 4.69) is 36.1 Å². The Morgan fingerprint density at radius 2 is 1.93 bits per heavy atom. The number of aliphatic hydroxyl groups excluding tert-OH is 1. The molecule has 3 saturated carbocycles. The molecule has 7 atom stereocenters. The number of ether oxygens (including phenoxy) is 1. The lowest BCUT2D eigenvalue weighted by atomic mass is 9.46. The maximum atomic E-state index is 14.0. The quantitative estimate of drug-likeness (QED) is 0.352. The number of hydrogen-bond acceptors (Lipinski definition) is 8. The van der Waals surface area contributed by atoms with Gasteiger partial charge in [0.05, 0.1) is 35.5 Å². The highest BCUT2D eigenvalue weighted by Crippen LogP contribution is 2.70. The second-order valence-corrected chi connectivity index (χ2v) is 14.4. The summed E-state index contributed by atoms with van der Waals surface area (Å²) < 4.78 is 23.3. The van der Waals surface area contributed by atoms with Crippen LogP contribution in [-0.2, 0) is 16.6 Å². The van der Waals surface area contributed by atoms with Crippen LogP contribution in [0, 0.1) is 45.7 Å². The van der Waals surface area contributed by atoms with Gasteiger partial charge in [-0.15, -0.1) is 0 Å². The molecular formula is C34H36FN5O4S. The van der Waals surface area contributed by atoms with E-state index in [1.165, 1.54) is 23.9 Å². The molecule has 2 aromatic heterocycles. The third kappa shape index (κ3) is 4.21. The normalized spacial score (nSPS) is 33.2. The molecule has 3 fully saturated rings. The summed E-state index contributed by atoms with van der Waals surface area (Å²) in [5.74, 6) is -0.388. The minimum absolute atomic E-state index is 0.0142. The Morgan fingerprint density at radius 1 is 1.18 bits per heavy atom. The molecule has 0 saturated heterocycles. The first-order valence-corrected chi connectivity index (χ1v) is 16.5. The van der Waals surface area contributed by atoms with Gasteiger partial charge in [0.1, 0.15) is 5.82 Å². The number of nitrogens with zero attached hydrogens (tertiary/aromatic N) is 5. The number of imidazole rings is 1. The van der Waals surface area contributed by atoms with Crippen molar-refractivity contribution in [1.29, 1.82) is 5.26 Å². The van der Waals surface area contributed by atoms with Crippen molar-refractivity contribution >= 4 is 28.9 Å². The zero-order valence-corrected chi connectivity index (χ0v) is 26.4. The number of esters is 1. The molecular weight excluding hydrogens is 593 g/mol. The standard InChI is InChI=1S/C34H36FN5O4S/c1-32-12-10-26-23(25(32)11-13-34(32,31(43)45-17-14-36)44-30(42)29-37-15-16-39(29)3)9-4-20-18-27-24(28(41)33(20,26)2)19-38-40(27)22-7-5-21(35)6-8-22/h5-8,15-16,18-19,23,25-26,28,41H,4,9-13,17H2,1-3H3/t23-,25+,26+,28?,32+,33+,34+/m1/s1. The van der Waals surface area contributed by atoms with Gasteiger partial charge in [0.15, 0.2) is 5.60 Å². The zero-order valence-electron chi connectivity index (χ0n) is 25.6. The van der Waals surface area contributed by atoms with E-state index in [1.807, 2.05) is 0 Å². The van der Waals surface area contributed by atoms with E-state index in [9.17, 15) is 24.3 Å². The minimum atomic E-state index is -1.38. The molecule has 0 bridgehead atoms.